The van der Waals surface area contributed by atoms with Crippen molar-refractivity contribution in [1.82, 2.24) is 19.6 Å². The monoisotopic (exact) mass is 517 g/mol. The second-order valence-corrected chi connectivity index (χ2v) is 10.4. The molecule has 0 aliphatic carbocycles. The smallest absolute Gasteiger partial charge is 0.184 e. The summed E-state index contributed by atoms with van der Waals surface area (Å²) >= 11 is 1.23. The predicted molar refractivity (Wildman–Crippen MR) is 134 cm³/mol. The first-order valence-electron chi connectivity index (χ1n) is 9.26. The molecule has 5 rings (SSSR count). The molecule has 1 aromatic carbocycles. The molecular weight excluding hydrogens is 501 g/mol. The molecule has 4 heterocycles. The number of imidazole rings is 1. The zero-order valence-corrected chi connectivity index (χ0v) is 20.4. The van der Waals surface area contributed by atoms with Gasteiger partial charge in [0.1, 0.15) is 9.86 Å². The van der Waals surface area contributed by atoms with Crippen LogP contribution in [0.15, 0.2) is 71.3 Å². The van der Waals surface area contributed by atoms with Gasteiger partial charge in [0.15, 0.2) is 9.84 Å². The van der Waals surface area contributed by atoms with Gasteiger partial charge in [-0.05, 0) is 36.4 Å². The second kappa shape index (κ2) is 9.37. The van der Waals surface area contributed by atoms with Crippen LogP contribution in [-0.2, 0) is 9.84 Å². The third-order valence-electron chi connectivity index (χ3n) is 4.96. The number of aromatic amines is 1. The fourth-order valence-corrected chi connectivity index (χ4v) is 5.35. The molecule has 5 aromatic rings. The predicted octanol–water partition coefficient (Wildman–Crippen LogP) is 5.24. The number of H-pyrrole nitrogens is 1. The molecular formula is C22H17Cl2N5O2S2. The highest BCUT2D eigenvalue weighted by Crippen LogP contribution is 2.34. The van der Waals surface area contributed by atoms with Gasteiger partial charge in [-0.25, -0.2) is 13.4 Å². The molecule has 0 bridgehead atoms. The minimum Gasteiger partial charge on any atom is -0.298 e. The third kappa shape index (κ3) is 4.51. The SMILES string of the molecule is CS(=O)(=O)c1ccc(-c2cnc3ccc(-c4cn[nH]c4-c4ccc(C#N)cc4)cn23)s1.Cl.Cl. The van der Waals surface area contributed by atoms with Crippen LogP contribution < -0.4 is 0 Å². The van der Waals surface area contributed by atoms with Crippen molar-refractivity contribution in [1.29, 1.82) is 5.26 Å². The van der Waals surface area contributed by atoms with E-state index in [1.807, 2.05) is 34.9 Å². The Balaban J connectivity index is 0.00000153. The molecule has 7 nitrogen and oxygen atoms in total. The lowest BCUT2D eigenvalue weighted by atomic mass is 10.0. The summed E-state index contributed by atoms with van der Waals surface area (Å²) in [6.45, 7) is 0. The van der Waals surface area contributed by atoms with E-state index in [-0.39, 0.29) is 24.8 Å². The molecule has 0 aliphatic rings. The number of sulfone groups is 1. The molecule has 0 unspecified atom stereocenters. The second-order valence-electron chi connectivity index (χ2n) is 7.03. The number of halogens is 2. The highest BCUT2D eigenvalue weighted by atomic mass is 35.5. The van der Waals surface area contributed by atoms with Gasteiger partial charge in [-0.2, -0.15) is 10.4 Å². The molecule has 0 amide bonds. The Labute approximate surface area is 206 Å². The van der Waals surface area contributed by atoms with Crippen LogP contribution in [0.5, 0.6) is 0 Å². The molecule has 0 aliphatic heterocycles. The largest absolute Gasteiger partial charge is 0.298 e. The number of nitriles is 1. The van der Waals surface area contributed by atoms with E-state index >= 15 is 0 Å². The summed E-state index contributed by atoms with van der Waals surface area (Å²) in [6, 6.07) is 16.7. The summed E-state index contributed by atoms with van der Waals surface area (Å²) in [5.74, 6) is 0. The first-order chi connectivity index (χ1) is 14.9. The van der Waals surface area contributed by atoms with Crippen molar-refractivity contribution in [2.75, 3.05) is 6.26 Å². The van der Waals surface area contributed by atoms with Gasteiger partial charge in [-0.3, -0.25) is 9.50 Å². The third-order valence-corrected chi connectivity index (χ3v) is 7.89. The molecule has 0 atom stereocenters. The Morgan fingerprint density at radius 3 is 2.39 bits per heavy atom. The first kappa shape index (κ1) is 24.5. The number of hydrogen-bond donors (Lipinski definition) is 1. The molecule has 0 spiro atoms. The zero-order chi connectivity index (χ0) is 21.6. The zero-order valence-electron chi connectivity index (χ0n) is 17.1. The van der Waals surface area contributed by atoms with Gasteiger partial charge in [0.25, 0.3) is 0 Å². The fourth-order valence-electron chi connectivity index (χ4n) is 3.42. The first-order valence-corrected chi connectivity index (χ1v) is 12.0. The molecule has 0 radical (unpaired) electrons. The van der Waals surface area contributed by atoms with Gasteiger partial charge < -0.3 is 0 Å². The maximum Gasteiger partial charge on any atom is 0.184 e. The molecule has 11 heteroatoms. The number of benzene rings is 1. The van der Waals surface area contributed by atoms with Gasteiger partial charge in [-0.1, -0.05) is 12.1 Å². The summed E-state index contributed by atoms with van der Waals surface area (Å²) in [5.41, 5.74) is 5.79. The van der Waals surface area contributed by atoms with Gasteiger partial charge >= 0.3 is 0 Å². The summed E-state index contributed by atoms with van der Waals surface area (Å²) in [5, 5.41) is 16.3. The quantitative estimate of drug-likeness (QED) is 0.351. The Kier molecular flexibility index (Phi) is 6.95. The fraction of sp³-hybridized carbons (Fsp3) is 0.0455. The van der Waals surface area contributed by atoms with Crippen molar-refractivity contribution in [3.8, 4) is 39.0 Å². The lowest BCUT2D eigenvalue weighted by molar-refractivity contribution is 0.604. The van der Waals surface area contributed by atoms with Crippen molar-refractivity contribution in [2.24, 2.45) is 0 Å². The summed E-state index contributed by atoms with van der Waals surface area (Å²) in [4.78, 5) is 5.28. The van der Waals surface area contributed by atoms with Gasteiger partial charge in [0.2, 0.25) is 0 Å². The van der Waals surface area contributed by atoms with Crippen molar-refractivity contribution in [3.05, 3.63) is 72.7 Å². The Morgan fingerprint density at radius 2 is 1.73 bits per heavy atom. The van der Waals surface area contributed by atoms with Crippen LogP contribution in [-0.4, -0.2) is 34.3 Å². The number of thiophene rings is 1. The number of aromatic nitrogens is 4. The highest BCUT2D eigenvalue weighted by Gasteiger charge is 2.16. The van der Waals surface area contributed by atoms with Crippen molar-refractivity contribution >= 4 is 51.6 Å². The van der Waals surface area contributed by atoms with Crippen molar-refractivity contribution in [2.45, 2.75) is 4.21 Å². The topological polar surface area (TPSA) is 104 Å². The Bertz CT molecular complexity index is 1580. The van der Waals surface area contributed by atoms with Crippen LogP contribution in [0.4, 0.5) is 0 Å². The number of rotatable bonds is 4. The van der Waals surface area contributed by atoms with E-state index in [1.165, 1.54) is 17.6 Å². The molecule has 0 saturated heterocycles. The maximum atomic E-state index is 11.9. The van der Waals surface area contributed by atoms with Crippen molar-refractivity contribution < 1.29 is 8.42 Å². The van der Waals surface area contributed by atoms with E-state index in [0.29, 0.717) is 9.77 Å². The van der Waals surface area contributed by atoms with Crippen molar-refractivity contribution in [3.63, 3.8) is 0 Å². The minimum absolute atomic E-state index is 0. The van der Waals surface area contributed by atoms with E-state index < -0.39 is 9.84 Å². The van der Waals surface area contributed by atoms with E-state index in [2.05, 4.69) is 21.3 Å². The molecule has 0 saturated carbocycles. The average molecular weight is 518 g/mol. The van der Waals surface area contributed by atoms with Crippen LogP contribution >= 0.6 is 36.2 Å². The van der Waals surface area contributed by atoms with Gasteiger partial charge in [0.05, 0.1) is 40.3 Å². The van der Waals surface area contributed by atoms with Crippen LogP contribution in [0, 0.1) is 11.3 Å². The van der Waals surface area contributed by atoms with E-state index in [1.54, 1.807) is 36.7 Å². The number of nitrogens with one attached hydrogen (secondary N) is 1. The Hall–Kier alpha value is -3.16. The lowest BCUT2D eigenvalue weighted by Gasteiger charge is -2.06. The van der Waals surface area contributed by atoms with Crippen LogP contribution in [0.25, 0.3) is 38.6 Å². The highest BCUT2D eigenvalue weighted by molar-refractivity contribution is 7.92. The summed E-state index contributed by atoms with van der Waals surface area (Å²) in [6.07, 6.45) is 6.68. The summed E-state index contributed by atoms with van der Waals surface area (Å²) in [7, 11) is -3.25. The standard InChI is InChI=1S/C22H15N5O2S2.2ClH/c1-31(28,29)21-9-7-19(30-21)18-12-24-20-8-6-16(13-27(18)20)17-11-25-26-22(17)15-4-2-14(10-23)3-5-15;;/h2-9,11-13H,1H3,(H,25,26);2*1H. The molecule has 1 N–H and O–H groups in total. The van der Waals surface area contributed by atoms with E-state index in [0.717, 1.165) is 38.6 Å². The number of hydrogen-bond acceptors (Lipinski definition) is 6. The van der Waals surface area contributed by atoms with Crippen LogP contribution in [0.1, 0.15) is 5.56 Å². The molecule has 168 valence electrons. The average Bonchev–Trinajstić information content (AvgIpc) is 3.51. The van der Waals surface area contributed by atoms with E-state index in [4.69, 9.17) is 5.26 Å². The minimum atomic E-state index is -3.25. The van der Waals surface area contributed by atoms with Gasteiger partial charge in [0, 0.05) is 29.1 Å². The number of fused-ring (bicyclic) bond motifs is 1. The van der Waals surface area contributed by atoms with Crippen LogP contribution in [0.2, 0.25) is 0 Å². The lowest BCUT2D eigenvalue weighted by Crippen LogP contribution is -1.92. The molecule has 0 fully saturated rings. The number of nitrogens with zero attached hydrogens (tertiary/aromatic N) is 4. The van der Waals surface area contributed by atoms with Crippen LogP contribution in [0.3, 0.4) is 0 Å². The Morgan fingerprint density at radius 1 is 1.00 bits per heavy atom. The molecule has 4 aromatic heterocycles. The number of pyridine rings is 1. The summed E-state index contributed by atoms with van der Waals surface area (Å²) < 4.78 is 26.0. The van der Waals surface area contributed by atoms with E-state index in [9.17, 15) is 8.42 Å². The molecule has 33 heavy (non-hydrogen) atoms. The van der Waals surface area contributed by atoms with Gasteiger partial charge in [-0.15, -0.1) is 36.2 Å². The maximum absolute atomic E-state index is 11.9. The normalized spacial score (nSPS) is 10.9.